The number of rotatable bonds is 27. The maximum absolute atomic E-state index is 8.96. The molecule has 0 aliphatic carbocycles. The number of aliphatic hydroxyl groups is 1. The Kier molecular flexibility index (Phi) is 27.8. The molecular weight excluding hydrogens is 380 g/mol. The van der Waals surface area contributed by atoms with E-state index in [1.54, 1.807) is 0 Å². The van der Waals surface area contributed by atoms with E-state index in [1.165, 1.54) is 142 Å². The molecule has 0 aromatic rings. The molecule has 0 aromatic carbocycles. The summed E-state index contributed by atoms with van der Waals surface area (Å²) in [6.45, 7) is 10.2. The molecule has 3 heteroatoms. The fraction of sp³-hybridized carbons (Fsp3) is 1.00. The smallest absolute Gasteiger partial charge is 0.0555 e. The molecular formula is C28H60N2O. The van der Waals surface area contributed by atoms with Crippen molar-refractivity contribution in [1.82, 2.24) is 10.2 Å². The van der Waals surface area contributed by atoms with Crippen molar-refractivity contribution in [1.29, 1.82) is 0 Å². The molecule has 0 saturated heterocycles. The maximum Gasteiger partial charge on any atom is 0.0555 e. The van der Waals surface area contributed by atoms with E-state index < -0.39 is 0 Å². The van der Waals surface area contributed by atoms with Gasteiger partial charge in [-0.2, -0.15) is 0 Å². The van der Waals surface area contributed by atoms with Crippen LogP contribution in [0.3, 0.4) is 0 Å². The lowest BCUT2D eigenvalue weighted by molar-refractivity contribution is 0.251. The maximum atomic E-state index is 8.96. The number of unbranched alkanes of at least 4 members (excludes halogenated alkanes) is 18. The molecule has 0 unspecified atom stereocenters. The van der Waals surface area contributed by atoms with Gasteiger partial charge < -0.3 is 15.3 Å². The molecule has 31 heavy (non-hydrogen) atoms. The van der Waals surface area contributed by atoms with Gasteiger partial charge in [-0.15, -0.1) is 0 Å². The van der Waals surface area contributed by atoms with Gasteiger partial charge in [-0.05, 0) is 25.9 Å². The Morgan fingerprint density at radius 1 is 0.452 bits per heavy atom. The zero-order valence-corrected chi connectivity index (χ0v) is 21.8. The first kappa shape index (κ1) is 30.9. The number of aliphatic hydroxyl groups excluding tert-OH is 1. The van der Waals surface area contributed by atoms with Gasteiger partial charge in [-0.1, -0.05) is 129 Å². The third-order valence-corrected chi connectivity index (χ3v) is 6.55. The van der Waals surface area contributed by atoms with E-state index >= 15 is 0 Å². The first-order chi connectivity index (χ1) is 15.3. The second-order valence-electron chi connectivity index (χ2n) is 9.68. The fourth-order valence-corrected chi connectivity index (χ4v) is 4.42. The minimum Gasteiger partial charge on any atom is -0.395 e. The van der Waals surface area contributed by atoms with Gasteiger partial charge in [0.25, 0.3) is 0 Å². The van der Waals surface area contributed by atoms with E-state index in [2.05, 4.69) is 24.1 Å². The summed E-state index contributed by atoms with van der Waals surface area (Å²) in [6, 6.07) is 0. The summed E-state index contributed by atoms with van der Waals surface area (Å²) in [5, 5.41) is 12.3. The van der Waals surface area contributed by atoms with Crippen molar-refractivity contribution in [3.05, 3.63) is 0 Å². The quantitative estimate of drug-likeness (QED) is 0.128. The van der Waals surface area contributed by atoms with Crippen molar-refractivity contribution in [3.8, 4) is 0 Å². The van der Waals surface area contributed by atoms with Crippen LogP contribution in [0.1, 0.15) is 142 Å². The fourth-order valence-electron chi connectivity index (χ4n) is 4.42. The largest absolute Gasteiger partial charge is 0.395 e. The summed E-state index contributed by atoms with van der Waals surface area (Å²) in [6.07, 6.45) is 28.3. The predicted octanol–water partition coefficient (Wildman–Crippen LogP) is 7.71. The Morgan fingerprint density at radius 3 is 1.16 bits per heavy atom. The van der Waals surface area contributed by atoms with Gasteiger partial charge in [0.15, 0.2) is 0 Å². The molecule has 0 atom stereocenters. The van der Waals surface area contributed by atoms with E-state index in [4.69, 9.17) is 5.11 Å². The lowest BCUT2D eigenvalue weighted by atomic mass is 10.1. The first-order valence-electron chi connectivity index (χ1n) is 14.4. The molecule has 0 aliphatic heterocycles. The number of nitrogens with one attached hydrogen (secondary N) is 1. The van der Waals surface area contributed by atoms with Gasteiger partial charge in [0.1, 0.15) is 0 Å². The van der Waals surface area contributed by atoms with Crippen molar-refractivity contribution in [2.24, 2.45) is 0 Å². The molecule has 0 fully saturated rings. The number of nitrogens with zero attached hydrogens (tertiary/aromatic N) is 1. The van der Waals surface area contributed by atoms with Crippen LogP contribution >= 0.6 is 0 Å². The van der Waals surface area contributed by atoms with Crippen LogP contribution in [0.2, 0.25) is 0 Å². The summed E-state index contributed by atoms with van der Waals surface area (Å²) < 4.78 is 0. The van der Waals surface area contributed by atoms with Gasteiger partial charge >= 0.3 is 0 Å². The molecule has 0 aromatic heterocycles. The van der Waals surface area contributed by atoms with Crippen LogP contribution < -0.4 is 5.32 Å². The van der Waals surface area contributed by atoms with Gasteiger partial charge in [-0.25, -0.2) is 0 Å². The molecule has 0 heterocycles. The number of hydrogen-bond acceptors (Lipinski definition) is 3. The Labute approximate surface area is 197 Å². The van der Waals surface area contributed by atoms with E-state index in [9.17, 15) is 0 Å². The zero-order chi connectivity index (χ0) is 22.7. The second kappa shape index (κ2) is 27.9. The molecule has 0 radical (unpaired) electrons. The highest BCUT2D eigenvalue weighted by atomic mass is 16.3. The highest BCUT2D eigenvalue weighted by molar-refractivity contribution is 4.62. The average Bonchev–Trinajstić information content (AvgIpc) is 2.78. The Balaban J connectivity index is 3.68. The van der Waals surface area contributed by atoms with Crippen LogP contribution in [0.4, 0.5) is 0 Å². The van der Waals surface area contributed by atoms with Crippen molar-refractivity contribution < 1.29 is 5.11 Å². The first-order valence-corrected chi connectivity index (χ1v) is 14.4. The second-order valence-corrected chi connectivity index (χ2v) is 9.68. The Bertz CT molecular complexity index is 287. The van der Waals surface area contributed by atoms with Gasteiger partial charge in [0.2, 0.25) is 0 Å². The summed E-state index contributed by atoms with van der Waals surface area (Å²) in [5.41, 5.74) is 0. The van der Waals surface area contributed by atoms with Gasteiger partial charge in [0.05, 0.1) is 6.61 Å². The lowest BCUT2D eigenvalue weighted by Crippen LogP contribution is -2.34. The van der Waals surface area contributed by atoms with E-state index in [-0.39, 0.29) is 6.61 Å². The molecule has 0 amide bonds. The van der Waals surface area contributed by atoms with Crippen LogP contribution in [0, 0.1) is 0 Å². The third-order valence-electron chi connectivity index (χ3n) is 6.55. The summed E-state index contributed by atoms with van der Waals surface area (Å²) in [5.74, 6) is 0. The van der Waals surface area contributed by atoms with Gasteiger partial charge in [-0.3, -0.25) is 0 Å². The average molecular weight is 441 g/mol. The summed E-state index contributed by atoms with van der Waals surface area (Å²) in [7, 11) is 0. The number of hydrogen-bond donors (Lipinski definition) is 2. The SMILES string of the molecule is CCCCCCCCCCCCN(CCCCCCCCCCCC)CCNCCO. The minimum absolute atomic E-state index is 0.247. The van der Waals surface area contributed by atoms with E-state index in [1.807, 2.05) is 0 Å². The van der Waals surface area contributed by atoms with Crippen LogP contribution in [0.15, 0.2) is 0 Å². The molecule has 188 valence electrons. The summed E-state index contributed by atoms with van der Waals surface area (Å²) >= 11 is 0. The summed E-state index contributed by atoms with van der Waals surface area (Å²) in [4.78, 5) is 2.67. The van der Waals surface area contributed by atoms with Crippen LogP contribution in [0.25, 0.3) is 0 Å². The molecule has 0 rings (SSSR count). The van der Waals surface area contributed by atoms with Crippen LogP contribution in [-0.2, 0) is 0 Å². The molecule has 0 bridgehead atoms. The molecule has 0 aliphatic rings. The molecule has 3 nitrogen and oxygen atoms in total. The Morgan fingerprint density at radius 2 is 0.806 bits per heavy atom. The molecule has 0 spiro atoms. The minimum atomic E-state index is 0.247. The Hall–Kier alpha value is -0.120. The molecule has 0 saturated carbocycles. The standard InChI is InChI=1S/C28H60N2O/c1-3-5-7-9-11-13-15-17-19-21-25-30(27-23-29-24-28-31)26-22-20-18-16-14-12-10-8-6-4-2/h29,31H,3-28H2,1-2H3. The lowest BCUT2D eigenvalue weighted by Gasteiger charge is -2.22. The van der Waals surface area contributed by atoms with E-state index in [0.29, 0.717) is 0 Å². The topological polar surface area (TPSA) is 35.5 Å². The van der Waals surface area contributed by atoms with Crippen LogP contribution in [-0.4, -0.2) is 49.3 Å². The van der Waals surface area contributed by atoms with Crippen molar-refractivity contribution in [3.63, 3.8) is 0 Å². The zero-order valence-electron chi connectivity index (χ0n) is 21.8. The van der Waals surface area contributed by atoms with Crippen molar-refractivity contribution >= 4 is 0 Å². The van der Waals surface area contributed by atoms with Crippen molar-refractivity contribution in [2.45, 2.75) is 142 Å². The molecule has 2 N–H and O–H groups in total. The highest BCUT2D eigenvalue weighted by Gasteiger charge is 2.05. The predicted molar refractivity (Wildman–Crippen MR) is 140 cm³/mol. The highest BCUT2D eigenvalue weighted by Crippen LogP contribution is 2.12. The third kappa shape index (κ3) is 26.0. The van der Waals surface area contributed by atoms with Crippen molar-refractivity contribution in [2.75, 3.05) is 39.3 Å². The van der Waals surface area contributed by atoms with E-state index in [0.717, 1.165) is 19.6 Å². The van der Waals surface area contributed by atoms with Crippen LogP contribution in [0.5, 0.6) is 0 Å². The normalized spacial score (nSPS) is 11.6. The van der Waals surface area contributed by atoms with Gasteiger partial charge in [0, 0.05) is 19.6 Å². The monoisotopic (exact) mass is 440 g/mol.